The maximum absolute atomic E-state index is 13.9. The molecule has 3 rings (SSSR count). The first-order valence-corrected chi connectivity index (χ1v) is 17.9. The normalized spacial score (nSPS) is 28.3. The standard InChI is InChI=1S/C33H48N4O9S/c1-6-27-23(5)11-12-29(40)34-14-9-10-22(4)18-24(38)19-25(39)20-30-35-26(21-45-30)32(41)37-15-13-28(31(37)33(42)46-27)47(43,44)17-16-36(7-2)8-3/h9-12,18,21,23-24,27-28,31,38H,6-8,13-17,19-20H2,1-5H3,(H,34,40)/b10-9+,12-11+,22-18+/t23-,24-,27?,28-,31-/m1/s1. The summed E-state index contributed by atoms with van der Waals surface area (Å²) in [5.41, 5.74) is 0.508. The van der Waals surface area contributed by atoms with Crippen LogP contribution in [0.4, 0.5) is 0 Å². The monoisotopic (exact) mass is 676 g/mol. The van der Waals surface area contributed by atoms with Crippen LogP contribution < -0.4 is 5.32 Å². The van der Waals surface area contributed by atoms with Gasteiger partial charge in [-0.05, 0) is 38.9 Å². The number of sulfone groups is 1. The molecule has 1 aromatic rings. The van der Waals surface area contributed by atoms with E-state index in [0.717, 1.165) is 11.2 Å². The van der Waals surface area contributed by atoms with Crippen LogP contribution >= 0.6 is 0 Å². The number of fused-ring (bicyclic) bond motifs is 3. The number of esters is 1. The Balaban J connectivity index is 1.97. The summed E-state index contributed by atoms with van der Waals surface area (Å²) in [6.07, 6.45) is 7.08. The number of allylic oxidation sites excluding steroid dienone is 2. The van der Waals surface area contributed by atoms with Crippen molar-refractivity contribution in [2.24, 2.45) is 5.92 Å². The summed E-state index contributed by atoms with van der Waals surface area (Å²) in [7, 11) is -3.86. The van der Waals surface area contributed by atoms with Crippen LogP contribution in [-0.2, 0) is 35.4 Å². The molecule has 2 N–H and O–H groups in total. The number of nitrogens with one attached hydrogen (secondary N) is 1. The van der Waals surface area contributed by atoms with Crippen molar-refractivity contribution in [3.05, 3.63) is 53.8 Å². The van der Waals surface area contributed by atoms with E-state index in [1.807, 2.05) is 18.7 Å². The number of ether oxygens (including phenoxy) is 1. The predicted molar refractivity (Wildman–Crippen MR) is 175 cm³/mol. The van der Waals surface area contributed by atoms with Gasteiger partial charge >= 0.3 is 5.97 Å². The summed E-state index contributed by atoms with van der Waals surface area (Å²) < 4.78 is 38.6. The van der Waals surface area contributed by atoms with Crippen LogP contribution in [-0.4, -0.2) is 114 Å². The average molecular weight is 677 g/mol. The number of hydrogen-bond donors (Lipinski definition) is 2. The Kier molecular flexibility index (Phi) is 14.1. The number of aromatic nitrogens is 1. The van der Waals surface area contributed by atoms with Crippen molar-refractivity contribution >= 4 is 33.4 Å². The van der Waals surface area contributed by atoms with Gasteiger partial charge in [-0.25, -0.2) is 18.2 Å². The molecule has 1 saturated heterocycles. The van der Waals surface area contributed by atoms with E-state index in [0.29, 0.717) is 25.1 Å². The third-order valence-electron chi connectivity index (χ3n) is 8.49. The van der Waals surface area contributed by atoms with Crippen molar-refractivity contribution in [2.75, 3.05) is 38.5 Å². The van der Waals surface area contributed by atoms with Crippen LogP contribution in [0.15, 0.2) is 46.6 Å². The zero-order valence-corrected chi connectivity index (χ0v) is 28.7. The number of amides is 2. The van der Waals surface area contributed by atoms with E-state index >= 15 is 0 Å². The molecule has 1 unspecified atom stereocenters. The molecule has 47 heavy (non-hydrogen) atoms. The second-order valence-electron chi connectivity index (χ2n) is 11.9. The number of carbonyl (C=O) groups excluding carboxylic acids is 4. The Morgan fingerprint density at radius 3 is 2.53 bits per heavy atom. The van der Waals surface area contributed by atoms with E-state index in [2.05, 4.69) is 10.3 Å². The number of rotatable bonds is 7. The quantitative estimate of drug-likeness (QED) is 0.404. The van der Waals surface area contributed by atoms with Gasteiger partial charge in [0.1, 0.15) is 24.2 Å². The Hall–Kier alpha value is -3.62. The van der Waals surface area contributed by atoms with Crippen molar-refractivity contribution < 1.29 is 41.9 Å². The number of Topliss-reactive ketones (excluding diaryl/α,β-unsaturated/α-hetero) is 1. The molecule has 0 aromatic carbocycles. The smallest absolute Gasteiger partial charge is 0.330 e. The lowest BCUT2D eigenvalue weighted by Crippen LogP contribution is -2.50. The third kappa shape index (κ3) is 10.7. The number of aliphatic hydroxyl groups excluding tert-OH is 1. The van der Waals surface area contributed by atoms with Gasteiger partial charge in [0.15, 0.2) is 15.5 Å². The first-order chi connectivity index (χ1) is 22.3. The fraction of sp³-hybridized carbons (Fsp3) is 0.606. The van der Waals surface area contributed by atoms with Crippen molar-refractivity contribution in [3.63, 3.8) is 0 Å². The average Bonchev–Trinajstić information content (AvgIpc) is 3.68. The first kappa shape index (κ1) is 37.8. The van der Waals surface area contributed by atoms with E-state index < -0.39 is 51.1 Å². The molecule has 1 fully saturated rings. The molecule has 3 heterocycles. The minimum atomic E-state index is -3.86. The van der Waals surface area contributed by atoms with Crippen LogP contribution in [0.5, 0.6) is 0 Å². The topological polar surface area (TPSA) is 176 Å². The maximum atomic E-state index is 13.9. The van der Waals surface area contributed by atoms with Crippen LogP contribution in [0.3, 0.4) is 0 Å². The van der Waals surface area contributed by atoms with Crippen molar-refractivity contribution in [1.29, 1.82) is 0 Å². The number of cyclic esters (lactones) is 1. The number of nitrogens with zero attached hydrogens (tertiary/aromatic N) is 3. The van der Waals surface area contributed by atoms with Crippen LogP contribution in [0.1, 0.15) is 70.3 Å². The van der Waals surface area contributed by atoms with Gasteiger partial charge in [0.2, 0.25) is 11.8 Å². The predicted octanol–water partition coefficient (Wildman–Crippen LogP) is 2.02. The summed E-state index contributed by atoms with van der Waals surface area (Å²) in [5.74, 6) is -2.98. The maximum Gasteiger partial charge on any atom is 0.330 e. The van der Waals surface area contributed by atoms with Gasteiger partial charge in [-0.15, -0.1) is 0 Å². The summed E-state index contributed by atoms with van der Waals surface area (Å²) in [6, 6.07) is -1.43. The van der Waals surface area contributed by atoms with Gasteiger partial charge in [0.25, 0.3) is 5.91 Å². The first-order valence-electron chi connectivity index (χ1n) is 16.2. The highest BCUT2D eigenvalue weighted by Crippen LogP contribution is 2.29. The lowest BCUT2D eigenvalue weighted by Gasteiger charge is -2.29. The summed E-state index contributed by atoms with van der Waals surface area (Å²) in [5, 5.41) is 11.9. The minimum Gasteiger partial charge on any atom is -0.460 e. The highest BCUT2D eigenvalue weighted by atomic mass is 32.2. The summed E-state index contributed by atoms with van der Waals surface area (Å²) in [4.78, 5) is 59.9. The number of hydrogen-bond acceptors (Lipinski definition) is 11. The van der Waals surface area contributed by atoms with Crippen LogP contribution in [0.25, 0.3) is 0 Å². The van der Waals surface area contributed by atoms with Gasteiger partial charge in [0, 0.05) is 32.0 Å². The van der Waals surface area contributed by atoms with E-state index in [9.17, 15) is 32.7 Å². The summed E-state index contributed by atoms with van der Waals surface area (Å²) in [6.45, 7) is 11.0. The number of aliphatic hydroxyl groups is 1. The van der Waals surface area contributed by atoms with Gasteiger partial charge in [0.05, 0.1) is 23.5 Å². The molecule has 0 radical (unpaired) electrons. The molecule has 0 saturated carbocycles. The Morgan fingerprint density at radius 1 is 1.13 bits per heavy atom. The van der Waals surface area contributed by atoms with Crippen molar-refractivity contribution in [3.8, 4) is 0 Å². The number of ketones is 1. The molecular weight excluding hydrogens is 628 g/mol. The molecule has 2 aliphatic heterocycles. The Morgan fingerprint density at radius 2 is 1.85 bits per heavy atom. The zero-order valence-electron chi connectivity index (χ0n) is 27.9. The minimum absolute atomic E-state index is 0.0287. The lowest BCUT2D eigenvalue weighted by molar-refractivity contribution is -0.155. The fourth-order valence-electron chi connectivity index (χ4n) is 5.73. The second-order valence-corrected chi connectivity index (χ2v) is 14.3. The third-order valence-corrected chi connectivity index (χ3v) is 10.7. The molecule has 1 aromatic heterocycles. The highest BCUT2D eigenvalue weighted by molar-refractivity contribution is 7.92. The molecule has 260 valence electrons. The molecule has 0 spiro atoms. The van der Waals surface area contributed by atoms with Gasteiger partial charge in [-0.1, -0.05) is 57.6 Å². The Bertz CT molecular complexity index is 1460. The van der Waals surface area contributed by atoms with E-state index in [1.54, 1.807) is 39.0 Å². The molecule has 2 aliphatic rings. The molecule has 13 nitrogen and oxygen atoms in total. The zero-order chi connectivity index (χ0) is 34.7. The van der Waals surface area contributed by atoms with Crippen molar-refractivity contribution in [2.45, 2.75) is 83.8 Å². The molecule has 2 amide bonds. The van der Waals surface area contributed by atoms with E-state index in [4.69, 9.17) is 9.15 Å². The number of oxazole rings is 1. The van der Waals surface area contributed by atoms with Gasteiger partial charge in [-0.3, -0.25) is 14.4 Å². The van der Waals surface area contributed by atoms with Crippen LogP contribution in [0.2, 0.25) is 0 Å². The van der Waals surface area contributed by atoms with Crippen LogP contribution in [0, 0.1) is 5.92 Å². The van der Waals surface area contributed by atoms with E-state index in [-0.39, 0.29) is 67.9 Å². The largest absolute Gasteiger partial charge is 0.460 e. The molecular formula is C33H48N4O9S. The van der Waals surface area contributed by atoms with Crippen molar-refractivity contribution in [1.82, 2.24) is 20.1 Å². The van der Waals surface area contributed by atoms with Gasteiger partial charge < -0.3 is 29.4 Å². The second kappa shape index (κ2) is 17.5. The SMILES string of the molecule is CCC1OC(=O)[C@H]2[C@H](S(=O)(=O)CCN(CC)CC)CCN2C(=O)c2coc(n2)CC(=O)C[C@H](O)/C=C(C)/C=C/CNC(=O)/C=C/[C@H]1C. The highest BCUT2D eigenvalue weighted by Gasteiger charge is 2.50. The fourth-order valence-corrected chi connectivity index (χ4v) is 7.66. The molecule has 0 aliphatic carbocycles. The van der Waals surface area contributed by atoms with Gasteiger partial charge in [-0.2, -0.15) is 0 Å². The van der Waals surface area contributed by atoms with E-state index in [1.165, 1.54) is 12.2 Å². The lowest BCUT2D eigenvalue weighted by atomic mass is 10.0. The molecule has 5 atom stereocenters. The summed E-state index contributed by atoms with van der Waals surface area (Å²) >= 11 is 0. The Labute approximate surface area is 277 Å². The molecule has 14 heteroatoms. The molecule has 2 bridgehead atoms. The number of carbonyl (C=O) groups is 4.